The van der Waals surface area contributed by atoms with Gasteiger partial charge in [-0.1, -0.05) is 29.8 Å². The van der Waals surface area contributed by atoms with Crippen molar-refractivity contribution in [2.45, 2.75) is 46.1 Å². The number of imidazole rings is 1. The molecule has 1 fully saturated rings. The Balaban J connectivity index is 1.61. The summed E-state index contributed by atoms with van der Waals surface area (Å²) in [5, 5.41) is 0. The van der Waals surface area contributed by atoms with Gasteiger partial charge in [0, 0.05) is 19.2 Å². The Morgan fingerprint density at radius 3 is 2.44 bits per heavy atom. The minimum atomic E-state index is -0.517. The van der Waals surface area contributed by atoms with Crippen LogP contribution in [0.2, 0.25) is 0 Å². The summed E-state index contributed by atoms with van der Waals surface area (Å²) < 4.78 is 15.7. The van der Waals surface area contributed by atoms with E-state index in [4.69, 9.17) is 4.98 Å². The summed E-state index contributed by atoms with van der Waals surface area (Å²) in [4.78, 5) is 21.1. The van der Waals surface area contributed by atoms with Crippen molar-refractivity contribution >= 4 is 16.9 Å². The van der Waals surface area contributed by atoms with E-state index in [0.717, 1.165) is 46.4 Å². The van der Waals surface area contributed by atoms with E-state index in [2.05, 4.69) is 37.5 Å². The van der Waals surface area contributed by atoms with E-state index in [1.54, 1.807) is 12.1 Å². The molecule has 4 aromatic rings. The topological polar surface area (TPSA) is 38.1 Å². The van der Waals surface area contributed by atoms with Crippen molar-refractivity contribution in [3.8, 4) is 11.1 Å². The third-order valence-corrected chi connectivity index (χ3v) is 7.42. The number of benzene rings is 3. The SMILES string of the molecule is Cc1ccc(-c2ccc(F)cc2)c(C(=O)N2CCC[C@@]2(C)c2nc3cc(C)c(C)cc3n2C)c1. The molecule has 0 aliphatic carbocycles. The zero-order valence-corrected chi connectivity index (χ0v) is 20.4. The Morgan fingerprint density at radius 1 is 1.00 bits per heavy atom. The molecule has 174 valence electrons. The first-order valence-corrected chi connectivity index (χ1v) is 11.8. The van der Waals surface area contributed by atoms with Crippen molar-refractivity contribution in [3.63, 3.8) is 0 Å². The maximum Gasteiger partial charge on any atom is 0.255 e. The van der Waals surface area contributed by atoms with Crippen LogP contribution in [0.4, 0.5) is 4.39 Å². The molecule has 1 saturated heterocycles. The number of amides is 1. The Morgan fingerprint density at radius 2 is 1.71 bits per heavy atom. The second kappa shape index (κ2) is 8.08. The Hall–Kier alpha value is -3.47. The van der Waals surface area contributed by atoms with Gasteiger partial charge in [-0.2, -0.15) is 0 Å². The molecule has 0 bridgehead atoms. The molecule has 1 aliphatic heterocycles. The number of hydrogen-bond acceptors (Lipinski definition) is 2. The summed E-state index contributed by atoms with van der Waals surface area (Å²) in [5.41, 5.74) is 7.29. The fourth-order valence-electron chi connectivity index (χ4n) is 5.31. The van der Waals surface area contributed by atoms with Crippen LogP contribution in [0.25, 0.3) is 22.2 Å². The molecular formula is C29H30FN3O. The number of aryl methyl sites for hydroxylation is 4. The summed E-state index contributed by atoms with van der Waals surface area (Å²) >= 11 is 0. The van der Waals surface area contributed by atoms with Crippen molar-refractivity contribution in [2.24, 2.45) is 7.05 Å². The van der Waals surface area contributed by atoms with Gasteiger partial charge in [0.1, 0.15) is 11.6 Å². The van der Waals surface area contributed by atoms with Gasteiger partial charge in [-0.3, -0.25) is 4.79 Å². The fourth-order valence-corrected chi connectivity index (χ4v) is 5.31. The third-order valence-electron chi connectivity index (χ3n) is 7.42. The largest absolute Gasteiger partial charge is 0.329 e. The highest BCUT2D eigenvalue weighted by Gasteiger charge is 2.45. The summed E-state index contributed by atoms with van der Waals surface area (Å²) in [6.45, 7) is 9.01. The summed E-state index contributed by atoms with van der Waals surface area (Å²) in [6, 6.07) is 16.6. The first kappa shape index (κ1) is 22.3. The highest BCUT2D eigenvalue weighted by molar-refractivity contribution is 6.01. The monoisotopic (exact) mass is 455 g/mol. The summed E-state index contributed by atoms with van der Waals surface area (Å²) in [7, 11) is 2.04. The lowest BCUT2D eigenvalue weighted by molar-refractivity contribution is 0.0601. The molecule has 5 rings (SSSR count). The average molecular weight is 456 g/mol. The van der Waals surface area contributed by atoms with Gasteiger partial charge in [0.2, 0.25) is 0 Å². The lowest BCUT2D eigenvalue weighted by Crippen LogP contribution is -2.44. The van der Waals surface area contributed by atoms with Crippen LogP contribution in [0.1, 0.15) is 52.6 Å². The van der Waals surface area contributed by atoms with Gasteiger partial charge < -0.3 is 9.47 Å². The number of hydrogen-bond donors (Lipinski definition) is 0. The molecule has 4 nitrogen and oxygen atoms in total. The van der Waals surface area contributed by atoms with Gasteiger partial charge in [0.25, 0.3) is 5.91 Å². The standard InChI is InChI=1S/C29H30FN3O/c1-18-7-12-23(21-8-10-22(30)11-9-21)24(15-18)27(34)33-14-6-13-29(33,4)28-31-25-16-19(2)20(3)17-26(25)32(28)5/h7-12,15-17H,6,13-14H2,1-5H3/t29-/m0/s1. The van der Waals surface area contributed by atoms with Crippen molar-refractivity contribution in [1.82, 2.24) is 14.5 Å². The number of likely N-dealkylation sites (tertiary alicyclic amines) is 1. The van der Waals surface area contributed by atoms with Crippen LogP contribution in [0.3, 0.4) is 0 Å². The van der Waals surface area contributed by atoms with E-state index in [-0.39, 0.29) is 11.7 Å². The van der Waals surface area contributed by atoms with Crippen molar-refractivity contribution < 1.29 is 9.18 Å². The van der Waals surface area contributed by atoms with Crippen LogP contribution in [-0.2, 0) is 12.6 Å². The molecule has 34 heavy (non-hydrogen) atoms. The molecule has 2 heterocycles. The predicted octanol–water partition coefficient (Wildman–Crippen LogP) is 6.46. The second-order valence-electron chi connectivity index (χ2n) is 9.81. The van der Waals surface area contributed by atoms with Crippen molar-refractivity contribution in [2.75, 3.05) is 6.54 Å². The molecule has 1 aliphatic rings. The lowest BCUT2D eigenvalue weighted by atomic mass is 9.93. The van der Waals surface area contributed by atoms with Crippen molar-refractivity contribution in [3.05, 3.63) is 88.5 Å². The molecule has 1 atom stereocenters. The predicted molar refractivity (Wildman–Crippen MR) is 134 cm³/mol. The number of halogens is 1. The van der Waals surface area contributed by atoms with Gasteiger partial charge in [0.15, 0.2) is 0 Å². The highest BCUT2D eigenvalue weighted by Crippen LogP contribution is 2.41. The Kier molecular flexibility index (Phi) is 5.31. The number of carbonyl (C=O) groups is 1. The molecule has 1 amide bonds. The van der Waals surface area contributed by atoms with E-state index >= 15 is 0 Å². The molecule has 0 saturated carbocycles. The molecule has 0 radical (unpaired) electrons. The van der Waals surface area contributed by atoms with Crippen LogP contribution in [0.15, 0.2) is 54.6 Å². The van der Waals surface area contributed by atoms with Crippen LogP contribution < -0.4 is 0 Å². The zero-order valence-electron chi connectivity index (χ0n) is 20.4. The normalized spacial score (nSPS) is 18.1. The van der Waals surface area contributed by atoms with Gasteiger partial charge in [-0.05, 0) is 93.1 Å². The maximum absolute atomic E-state index is 14.1. The van der Waals surface area contributed by atoms with Crippen LogP contribution >= 0.6 is 0 Å². The Labute approximate surface area is 200 Å². The number of carbonyl (C=O) groups excluding carboxylic acids is 1. The quantitative estimate of drug-likeness (QED) is 0.356. The van der Waals surface area contributed by atoms with Gasteiger partial charge in [0.05, 0.1) is 16.6 Å². The zero-order chi connectivity index (χ0) is 24.2. The van der Waals surface area contributed by atoms with Gasteiger partial charge in [-0.15, -0.1) is 0 Å². The average Bonchev–Trinajstić information content (AvgIpc) is 3.35. The first-order valence-electron chi connectivity index (χ1n) is 11.8. The highest BCUT2D eigenvalue weighted by atomic mass is 19.1. The van der Waals surface area contributed by atoms with E-state index in [9.17, 15) is 9.18 Å². The van der Waals surface area contributed by atoms with E-state index in [1.165, 1.54) is 23.3 Å². The van der Waals surface area contributed by atoms with E-state index in [0.29, 0.717) is 12.1 Å². The molecule has 0 unspecified atom stereocenters. The number of aromatic nitrogens is 2. The van der Waals surface area contributed by atoms with Gasteiger partial charge >= 0.3 is 0 Å². The van der Waals surface area contributed by atoms with E-state index in [1.807, 2.05) is 37.1 Å². The molecule has 5 heteroatoms. The first-order chi connectivity index (χ1) is 16.2. The molecule has 0 spiro atoms. The molecule has 1 aromatic heterocycles. The maximum atomic E-state index is 14.1. The van der Waals surface area contributed by atoms with Crippen LogP contribution in [0.5, 0.6) is 0 Å². The van der Waals surface area contributed by atoms with Crippen LogP contribution in [0, 0.1) is 26.6 Å². The Bertz CT molecular complexity index is 1420. The number of fused-ring (bicyclic) bond motifs is 1. The summed E-state index contributed by atoms with van der Waals surface area (Å²) in [5.74, 6) is 0.611. The van der Waals surface area contributed by atoms with E-state index < -0.39 is 5.54 Å². The lowest BCUT2D eigenvalue weighted by Gasteiger charge is -2.35. The van der Waals surface area contributed by atoms with Crippen molar-refractivity contribution in [1.29, 1.82) is 0 Å². The third kappa shape index (κ3) is 3.51. The minimum absolute atomic E-state index is 0.0116. The van der Waals surface area contributed by atoms with Crippen LogP contribution in [-0.4, -0.2) is 26.9 Å². The molecular weight excluding hydrogens is 425 g/mol. The summed E-state index contributed by atoms with van der Waals surface area (Å²) in [6.07, 6.45) is 1.77. The second-order valence-corrected chi connectivity index (χ2v) is 9.81. The molecule has 3 aromatic carbocycles. The molecule has 0 N–H and O–H groups in total. The van der Waals surface area contributed by atoms with Gasteiger partial charge in [-0.25, -0.2) is 9.37 Å². The fraction of sp³-hybridized carbons (Fsp3) is 0.310. The number of nitrogens with zero attached hydrogens (tertiary/aromatic N) is 3. The smallest absolute Gasteiger partial charge is 0.255 e. The minimum Gasteiger partial charge on any atom is -0.329 e. The number of rotatable bonds is 3.